The van der Waals surface area contributed by atoms with Crippen LogP contribution in [-0.4, -0.2) is 22.9 Å². The van der Waals surface area contributed by atoms with Crippen molar-refractivity contribution in [3.05, 3.63) is 48.0 Å². The maximum Gasteiger partial charge on any atom is 0.321 e. The first kappa shape index (κ1) is 13.2. The number of hydrogen-bond donors (Lipinski definition) is 2. The minimum atomic E-state index is -1.22. The normalized spacial score (nSPS) is 14.0. The van der Waals surface area contributed by atoms with E-state index in [9.17, 15) is 9.59 Å². The van der Waals surface area contributed by atoms with Crippen molar-refractivity contribution in [2.24, 2.45) is 5.73 Å². The Hall–Kier alpha value is -2.20. The fourth-order valence-electron chi connectivity index (χ4n) is 2.24. The van der Waals surface area contributed by atoms with Crippen LogP contribution < -0.4 is 5.73 Å². The second-order valence-electron chi connectivity index (χ2n) is 4.56. The lowest BCUT2D eigenvalue weighted by Gasteiger charge is -2.18. The van der Waals surface area contributed by atoms with Gasteiger partial charge in [-0.05, 0) is 23.3 Å². The van der Waals surface area contributed by atoms with E-state index >= 15 is 0 Å². The summed E-state index contributed by atoms with van der Waals surface area (Å²) in [5.74, 6) is -2.24. The van der Waals surface area contributed by atoms with Crippen molar-refractivity contribution in [1.82, 2.24) is 0 Å². The van der Waals surface area contributed by atoms with Gasteiger partial charge >= 0.3 is 5.97 Å². The molecule has 0 saturated carbocycles. The molecule has 4 heteroatoms. The molecule has 1 unspecified atom stereocenters. The number of aliphatic carboxylic acids is 1. The van der Waals surface area contributed by atoms with Crippen molar-refractivity contribution in [1.29, 1.82) is 0 Å². The van der Waals surface area contributed by atoms with Crippen LogP contribution in [0.25, 0.3) is 10.8 Å². The number of rotatable bonds is 4. The Kier molecular flexibility index (Phi) is 3.62. The predicted molar refractivity (Wildman–Crippen MR) is 73.0 cm³/mol. The molecule has 0 saturated heterocycles. The summed E-state index contributed by atoms with van der Waals surface area (Å²) in [5, 5.41) is 11.0. The van der Waals surface area contributed by atoms with Gasteiger partial charge < -0.3 is 10.8 Å². The highest BCUT2D eigenvalue weighted by molar-refractivity contribution is 5.92. The summed E-state index contributed by atoms with van der Waals surface area (Å²) in [6, 6.07) is 11.9. The van der Waals surface area contributed by atoms with Crippen LogP contribution in [0.5, 0.6) is 0 Å². The lowest BCUT2D eigenvalue weighted by atomic mass is 9.87. The topological polar surface area (TPSA) is 80.4 Å². The molecule has 0 aliphatic carbocycles. The number of ketones is 1. The molecular formula is C15H15NO3. The van der Waals surface area contributed by atoms with Gasteiger partial charge in [0.1, 0.15) is 11.8 Å². The number of carboxylic acids is 1. The van der Waals surface area contributed by atoms with Gasteiger partial charge in [0.05, 0.1) is 5.92 Å². The van der Waals surface area contributed by atoms with Crippen molar-refractivity contribution >= 4 is 22.5 Å². The molecule has 0 aliphatic heterocycles. The number of carboxylic acid groups (broad SMARTS) is 1. The van der Waals surface area contributed by atoms with E-state index in [0.717, 1.165) is 10.8 Å². The Morgan fingerprint density at radius 2 is 1.74 bits per heavy atom. The zero-order chi connectivity index (χ0) is 14.0. The Labute approximate surface area is 110 Å². The van der Waals surface area contributed by atoms with Crippen LogP contribution in [0.3, 0.4) is 0 Å². The van der Waals surface area contributed by atoms with Crippen molar-refractivity contribution in [2.75, 3.05) is 0 Å². The maximum absolute atomic E-state index is 11.7. The van der Waals surface area contributed by atoms with Gasteiger partial charge in [0.15, 0.2) is 0 Å². The number of Topliss-reactive ketones (excluding diaryl/α,β-unsaturated/α-hetero) is 1. The first-order valence-corrected chi connectivity index (χ1v) is 5.98. The van der Waals surface area contributed by atoms with Crippen LogP contribution in [-0.2, 0) is 9.59 Å². The highest BCUT2D eigenvalue weighted by Gasteiger charge is 2.29. The summed E-state index contributed by atoms with van der Waals surface area (Å²) in [7, 11) is 0. The Morgan fingerprint density at radius 3 is 2.32 bits per heavy atom. The third kappa shape index (κ3) is 2.63. The van der Waals surface area contributed by atoms with Crippen molar-refractivity contribution < 1.29 is 14.7 Å². The third-order valence-corrected chi connectivity index (χ3v) is 3.21. The van der Waals surface area contributed by atoms with Gasteiger partial charge in [-0.2, -0.15) is 0 Å². The number of carbonyl (C=O) groups is 2. The maximum atomic E-state index is 11.7. The molecule has 0 aromatic heterocycles. The standard InChI is InChI=1S/C15H15NO3/c1-9(17)13(14(16)15(18)19)12-7-6-10-4-2-3-5-11(10)8-12/h2-8,13-14H,16H2,1H3,(H,18,19)/t13?,14-/m1/s1. The summed E-state index contributed by atoms with van der Waals surface area (Å²) in [4.78, 5) is 22.7. The van der Waals surface area contributed by atoms with Crippen molar-refractivity contribution in [3.8, 4) is 0 Å². The lowest BCUT2D eigenvalue weighted by molar-refractivity contribution is -0.140. The second-order valence-corrected chi connectivity index (χ2v) is 4.56. The molecule has 19 heavy (non-hydrogen) atoms. The Balaban J connectivity index is 2.50. The van der Waals surface area contributed by atoms with E-state index in [0.29, 0.717) is 5.56 Å². The third-order valence-electron chi connectivity index (χ3n) is 3.21. The van der Waals surface area contributed by atoms with E-state index in [1.165, 1.54) is 6.92 Å². The molecule has 0 bridgehead atoms. The van der Waals surface area contributed by atoms with E-state index in [2.05, 4.69) is 0 Å². The van der Waals surface area contributed by atoms with Crippen molar-refractivity contribution in [2.45, 2.75) is 18.9 Å². The molecule has 98 valence electrons. The van der Waals surface area contributed by atoms with E-state index in [1.807, 2.05) is 36.4 Å². The predicted octanol–water partition coefficient (Wildman–Crippen LogP) is 1.92. The fraction of sp³-hybridized carbons (Fsp3) is 0.200. The smallest absolute Gasteiger partial charge is 0.321 e. The highest BCUT2D eigenvalue weighted by atomic mass is 16.4. The second kappa shape index (κ2) is 5.20. The van der Waals surface area contributed by atoms with Crippen LogP contribution in [0, 0.1) is 0 Å². The highest BCUT2D eigenvalue weighted by Crippen LogP contribution is 2.24. The fourth-order valence-corrected chi connectivity index (χ4v) is 2.24. The minimum absolute atomic E-state index is 0.245. The Morgan fingerprint density at radius 1 is 1.11 bits per heavy atom. The van der Waals surface area contributed by atoms with Crippen LogP contribution in [0.15, 0.2) is 42.5 Å². The summed E-state index contributed by atoms with van der Waals surface area (Å²) in [5.41, 5.74) is 6.26. The van der Waals surface area contributed by atoms with Gasteiger partial charge in [-0.3, -0.25) is 9.59 Å². The van der Waals surface area contributed by atoms with Crippen LogP contribution in [0.2, 0.25) is 0 Å². The molecule has 2 atom stereocenters. The summed E-state index contributed by atoms with van der Waals surface area (Å²) in [6.45, 7) is 1.36. The average molecular weight is 257 g/mol. The molecule has 0 heterocycles. The number of hydrogen-bond acceptors (Lipinski definition) is 3. The zero-order valence-corrected chi connectivity index (χ0v) is 10.5. The molecule has 3 N–H and O–H groups in total. The first-order valence-electron chi connectivity index (χ1n) is 5.98. The van der Waals surface area contributed by atoms with Gasteiger partial charge in [0.25, 0.3) is 0 Å². The average Bonchev–Trinajstić information content (AvgIpc) is 2.38. The minimum Gasteiger partial charge on any atom is -0.480 e. The SMILES string of the molecule is CC(=O)C(c1ccc2ccccc2c1)[C@@H](N)C(=O)O. The van der Waals surface area contributed by atoms with Crippen LogP contribution in [0.1, 0.15) is 18.4 Å². The van der Waals surface area contributed by atoms with Gasteiger partial charge in [-0.1, -0.05) is 42.5 Å². The number of carbonyl (C=O) groups excluding carboxylic acids is 1. The summed E-state index contributed by atoms with van der Waals surface area (Å²) in [6.07, 6.45) is 0. The number of fused-ring (bicyclic) bond motifs is 1. The monoisotopic (exact) mass is 257 g/mol. The number of nitrogens with two attached hydrogens (primary N) is 1. The van der Waals surface area contributed by atoms with E-state index < -0.39 is 17.9 Å². The van der Waals surface area contributed by atoms with Crippen molar-refractivity contribution in [3.63, 3.8) is 0 Å². The molecule has 0 aliphatic rings. The van der Waals surface area contributed by atoms with E-state index in [4.69, 9.17) is 10.8 Å². The molecule has 2 rings (SSSR count). The molecule has 2 aromatic rings. The number of benzene rings is 2. The Bertz CT molecular complexity index is 636. The summed E-state index contributed by atoms with van der Waals surface area (Å²) >= 11 is 0. The molecule has 0 radical (unpaired) electrons. The van der Waals surface area contributed by atoms with Gasteiger partial charge in [0, 0.05) is 0 Å². The molecule has 0 spiro atoms. The molecule has 4 nitrogen and oxygen atoms in total. The van der Waals surface area contributed by atoms with Gasteiger partial charge in [-0.15, -0.1) is 0 Å². The van der Waals surface area contributed by atoms with E-state index in [1.54, 1.807) is 6.07 Å². The van der Waals surface area contributed by atoms with Crippen LogP contribution in [0.4, 0.5) is 0 Å². The molecular weight excluding hydrogens is 242 g/mol. The molecule has 2 aromatic carbocycles. The van der Waals surface area contributed by atoms with Gasteiger partial charge in [0.2, 0.25) is 0 Å². The van der Waals surface area contributed by atoms with Crippen LogP contribution >= 0.6 is 0 Å². The zero-order valence-electron chi connectivity index (χ0n) is 10.5. The largest absolute Gasteiger partial charge is 0.480 e. The summed E-state index contributed by atoms with van der Waals surface area (Å²) < 4.78 is 0. The van der Waals surface area contributed by atoms with Gasteiger partial charge in [-0.25, -0.2) is 0 Å². The van der Waals surface area contributed by atoms with E-state index in [-0.39, 0.29) is 5.78 Å². The molecule has 0 amide bonds. The molecule has 0 fully saturated rings. The first-order chi connectivity index (χ1) is 9.00. The quantitative estimate of drug-likeness (QED) is 0.877. The lowest BCUT2D eigenvalue weighted by Crippen LogP contribution is -2.39.